The molecule has 6 heteroatoms. The van der Waals surface area contributed by atoms with E-state index in [4.69, 9.17) is 4.42 Å². The molecule has 0 amide bonds. The van der Waals surface area contributed by atoms with Crippen LogP contribution in [0.5, 0.6) is 0 Å². The fraction of sp³-hybridized carbons (Fsp3) is 0.176. The van der Waals surface area contributed by atoms with Crippen molar-refractivity contribution in [2.24, 2.45) is 0 Å². The summed E-state index contributed by atoms with van der Waals surface area (Å²) in [5, 5.41) is 4.15. The topological polar surface area (TPSA) is 42.2 Å². The van der Waals surface area contributed by atoms with Crippen molar-refractivity contribution in [3.05, 3.63) is 58.7 Å². The van der Waals surface area contributed by atoms with Gasteiger partial charge in [-0.1, -0.05) is 12.1 Å². The first-order valence-electron chi connectivity index (χ1n) is 7.29. The Labute approximate surface area is 142 Å². The molecule has 4 rings (SSSR count). The maximum absolute atomic E-state index is 5.39. The fourth-order valence-electron chi connectivity index (χ4n) is 2.44. The molecule has 0 radical (unpaired) electrons. The molecule has 23 heavy (non-hydrogen) atoms. The van der Waals surface area contributed by atoms with Crippen LogP contribution in [-0.2, 0) is 13.1 Å². The van der Waals surface area contributed by atoms with Crippen molar-refractivity contribution in [1.29, 1.82) is 0 Å². The molecular formula is C17H15N3OS2. The largest absolute Gasteiger partial charge is 0.462 e. The van der Waals surface area contributed by atoms with Crippen LogP contribution < -0.4 is 0 Å². The molecule has 0 bridgehead atoms. The molecule has 0 saturated carbocycles. The first-order valence-corrected chi connectivity index (χ1v) is 8.99. The number of furan rings is 1. The van der Waals surface area contributed by atoms with E-state index in [0.717, 1.165) is 40.1 Å². The first kappa shape index (κ1) is 14.6. The zero-order chi connectivity index (χ0) is 15.6. The van der Waals surface area contributed by atoms with Crippen LogP contribution in [0.2, 0.25) is 0 Å². The number of rotatable bonds is 5. The lowest BCUT2D eigenvalue weighted by atomic mass is 10.3. The zero-order valence-electron chi connectivity index (χ0n) is 12.6. The van der Waals surface area contributed by atoms with Crippen molar-refractivity contribution in [2.75, 3.05) is 7.05 Å². The summed E-state index contributed by atoms with van der Waals surface area (Å²) in [5.74, 6) is 0.829. The highest BCUT2D eigenvalue weighted by molar-refractivity contribution is 7.18. The molecular weight excluding hydrogens is 326 g/mol. The second kappa shape index (κ2) is 6.23. The van der Waals surface area contributed by atoms with Crippen LogP contribution in [0, 0.1) is 0 Å². The molecule has 0 aliphatic rings. The van der Waals surface area contributed by atoms with Crippen LogP contribution in [0.25, 0.3) is 21.0 Å². The minimum atomic E-state index is 0.799. The van der Waals surface area contributed by atoms with E-state index in [0.29, 0.717) is 0 Å². The van der Waals surface area contributed by atoms with Crippen LogP contribution in [0.15, 0.2) is 52.5 Å². The van der Waals surface area contributed by atoms with E-state index in [1.54, 1.807) is 28.9 Å². The van der Waals surface area contributed by atoms with E-state index in [2.05, 4.69) is 45.5 Å². The predicted molar refractivity (Wildman–Crippen MR) is 94.6 cm³/mol. The molecule has 0 saturated heterocycles. The van der Waals surface area contributed by atoms with Gasteiger partial charge in [-0.3, -0.25) is 4.90 Å². The smallest absolute Gasteiger partial charge is 0.162 e. The molecule has 4 nitrogen and oxygen atoms in total. The first-order chi connectivity index (χ1) is 11.3. The highest BCUT2D eigenvalue weighted by Gasteiger charge is 2.11. The molecule has 0 aliphatic heterocycles. The molecule has 3 heterocycles. The Morgan fingerprint density at radius 2 is 2.00 bits per heavy atom. The SMILES string of the molecule is CN(Cc1csc(-c2ccco2)n1)Cc1nc2ccccc2s1. The molecule has 3 aromatic heterocycles. The highest BCUT2D eigenvalue weighted by atomic mass is 32.1. The summed E-state index contributed by atoms with van der Waals surface area (Å²) in [5.41, 5.74) is 2.14. The lowest BCUT2D eigenvalue weighted by Gasteiger charge is -2.12. The molecule has 0 spiro atoms. The third-order valence-corrected chi connectivity index (χ3v) is 5.39. The lowest BCUT2D eigenvalue weighted by molar-refractivity contribution is 0.315. The second-order valence-electron chi connectivity index (χ2n) is 5.37. The molecule has 1 aromatic carbocycles. The molecule has 0 unspecified atom stereocenters. The second-order valence-corrected chi connectivity index (χ2v) is 7.34. The fourth-order valence-corrected chi connectivity index (χ4v) is 4.27. The van der Waals surface area contributed by atoms with Crippen molar-refractivity contribution < 1.29 is 4.42 Å². The number of para-hydroxylation sites is 1. The maximum Gasteiger partial charge on any atom is 0.162 e. The Bertz CT molecular complexity index is 878. The average Bonchev–Trinajstić information content (AvgIpc) is 3.26. The van der Waals surface area contributed by atoms with Crippen LogP contribution in [0.4, 0.5) is 0 Å². The number of thiazole rings is 2. The van der Waals surface area contributed by atoms with E-state index in [1.165, 1.54) is 4.70 Å². The van der Waals surface area contributed by atoms with Crippen LogP contribution in [0.1, 0.15) is 10.7 Å². The van der Waals surface area contributed by atoms with E-state index in [9.17, 15) is 0 Å². The Morgan fingerprint density at radius 1 is 1.09 bits per heavy atom. The number of fused-ring (bicyclic) bond motifs is 1. The zero-order valence-corrected chi connectivity index (χ0v) is 14.2. The molecule has 0 fully saturated rings. The predicted octanol–water partition coefficient (Wildman–Crippen LogP) is 4.64. The summed E-state index contributed by atoms with van der Waals surface area (Å²) in [4.78, 5) is 11.6. The molecule has 4 aromatic rings. The monoisotopic (exact) mass is 341 g/mol. The standard InChI is InChI=1S/C17H15N3OS2/c1-20(10-16-19-13-5-2-3-7-15(13)23-16)9-12-11-22-17(18-12)14-6-4-8-21-14/h2-8,11H,9-10H2,1H3. The van der Waals surface area contributed by atoms with Crippen molar-refractivity contribution in [1.82, 2.24) is 14.9 Å². The third-order valence-electron chi connectivity index (χ3n) is 3.46. The van der Waals surface area contributed by atoms with Gasteiger partial charge in [0.05, 0.1) is 28.7 Å². The summed E-state index contributed by atoms with van der Waals surface area (Å²) < 4.78 is 6.63. The van der Waals surface area contributed by atoms with Gasteiger partial charge >= 0.3 is 0 Å². The molecule has 0 atom stereocenters. The van der Waals surface area contributed by atoms with Crippen molar-refractivity contribution in [2.45, 2.75) is 13.1 Å². The van der Waals surface area contributed by atoms with Gasteiger partial charge in [0, 0.05) is 11.9 Å². The van der Waals surface area contributed by atoms with Gasteiger partial charge in [0.15, 0.2) is 10.8 Å². The lowest BCUT2D eigenvalue weighted by Crippen LogP contribution is -2.17. The van der Waals surface area contributed by atoms with Crippen molar-refractivity contribution in [3.8, 4) is 10.8 Å². The van der Waals surface area contributed by atoms with Gasteiger partial charge in [0.25, 0.3) is 0 Å². The van der Waals surface area contributed by atoms with E-state index < -0.39 is 0 Å². The highest BCUT2D eigenvalue weighted by Crippen LogP contribution is 2.25. The number of aromatic nitrogens is 2. The van der Waals surface area contributed by atoms with Gasteiger partial charge in [0.2, 0.25) is 0 Å². The normalized spacial score (nSPS) is 11.6. The summed E-state index contributed by atoms with van der Waals surface area (Å²) >= 11 is 3.37. The Kier molecular flexibility index (Phi) is 3.95. The van der Waals surface area contributed by atoms with Crippen molar-refractivity contribution in [3.63, 3.8) is 0 Å². The van der Waals surface area contributed by atoms with E-state index in [-0.39, 0.29) is 0 Å². The quantitative estimate of drug-likeness (QED) is 0.530. The Balaban J connectivity index is 1.44. The summed E-state index contributed by atoms with van der Waals surface area (Å²) in [6, 6.07) is 12.1. The van der Waals surface area contributed by atoms with Gasteiger partial charge in [-0.15, -0.1) is 22.7 Å². The van der Waals surface area contributed by atoms with Gasteiger partial charge in [-0.25, -0.2) is 9.97 Å². The van der Waals surface area contributed by atoms with E-state index in [1.807, 2.05) is 18.2 Å². The minimum Gasteiger partial charge on any atom is -0.462 e. The summed E-state index contributed by atoms with van der Waals surface area (Å²) in [6.45, 7) is 1.63. The number of benzene rings is 1. The van der Waals surface area contributed by atoms with Crippen LogP contribution in [-0.4, -0.2) is 21.9 Å². The van der Waals surface area contributed by atoms with Crippen LogP contribution >= 0.6 is 22.7 Å². The summed E-state index contributed by atoms with van der Waals surface area (Å²) in [6.07, 6.45) is 1.68. The molecule has 116 valence electrons. The average molecular weight is 341 g/mol. The molecule has 0 N–H and O–H groups in total. The maximum atomic E-state index is 5.39. The Hall–Kier alpha value is -2.02. The van der Waals surface area contributed by atoms with Gasteiger partial charge in [-0.2, -0.15) is 0 Å². The minimum absolute atomic E-state index is 0.799. The Morgan fingerprint density at radius 3 is 2.83 bits per heavy atom. The van der Waals surface area contributed by atoms with Gasteiger partial charge in [-0.05, 0) is 31.3 Å². The number of hydrogen-bond acceptors (Lipinski definition) is 6. The number of hydrogen-bond donors (Lipinski definition) is 0. The van der Waals surface area contributed by atoms with Gasteiger partial charge in [0.1, 0.15) is 5.01 Å². The van der Waals surface area contributed by atoms with E-state index >= 15 is 0 Å². The van der Waals surface area contributed by atoms with Gasteiger partial charge < -0.3 is 4.42 Å². The number of nitrogens with zero attached hydrogens (tertiary/aromatic N) is 3. The van der Waals surface area contributed by atoms with Crippen molar-refractivity contribution >= 4 is 32.9 Å². The molecule has 0 aliphatic carbocycles. The summed E-state index contributed by atoms with van der Waals surface area (Å²) in [7, 11) is 2.10. The van der Waals surface area contributed by atoms with Crippen LogP contribution in [0.3, 0.4) is 0 Å². The third kappa shape index (κ3) is 3.19.